The summed E-state index contributed by atoms with van der Waals surface area (Å²) in [5.41, 5.74) is 2.25. The van der Waals surface area contributed by atoms with E-state index in [9.17, 15) is 4.79 Å². The van der Waals surface area contributed by atoms with Gasteiger partial charge in [0.15, 0.2) is 12.4 Å². The minimum absolute atomic E-state index is 0. The van der Waals surface area contributed by atoms with Crippen molar-refractivity contribution >= 4 is 18.1 Å². The number of hydrogen-bond acceptors (Lipinski definition) is 2. The molecule has 4 nitrogen and oxygen atoms in total. The lowest BCUT2D eigenvalue weighted by atomic mass is 10.1. The molecule has 1 N–H and O–H groups in total. The molecule has 0 spiro atoms. The van der Waals surface area contributed by atoms with Crippen LogP contribution in [0, 0.1) is 0 Å². The predicted molar refractivity (Wildman–Crippen MR) is 90.0 cm³/mol. The zero-order valence-electron chi connectivity index (χ0n) is 13.7. The second kappa shape index (κ2) is 10.4. The number of carboxylic acids is 1. The lowest BCUT2D eigenvalue weighted by Crippen LogP contribution is -3.00. The monoisotopic (exact) mass is 347 g/mol. The SMILES string of the molecule is COc1ccc(/C=C\c2cc[n+](CCCCC(=O)O)cc2)cc1.[Cl-]. The molecule has 0 aliphatic carbocycles. The van der Waals surface area contributed by atoms with E-state index in [0.717, 1.165) is 29.8 Å². The van der Waals surface area contributed by atoms with Crippen molar-refractivity contribution in [1.82, 2.24) is 0 Å². The maximum atomic E-state index is 10.5. The van der Waals surface area contributed by atoms with Gasteiger partial charge in [0, 0.05) is 25.0 Å². The van der Waals surface area contributed by atoms with E-state index in [1.165, 1.54) is 0 Å². The van der Waals surface area contributed by atoms with Gasteiger partial charge in [-0.05, 0) is 29.7 Å². The van der Waals surface area contributed by atoms with Crippen LogP contribution in [0.1, 0.15) is 30.4 Å². The molecule has 0 saturated carbocycles. The first-order chi connectivity index (χ1) is 11.2. The van der Waals surface area contributed by atoms with Gasteiger partial charge >= 0.3 is 5.97 Å². The Bertz CT molecular complexity index is 651. The van der Waals surface area contributed by atoms with Crippen molar-refractivity contribution in [3.05, 3.63) is 59.9 Å². The van der Waals surface area contributed by atoms with Gasteiger partial charge in [0.05, 0.1) is 7.11 Å². The van der Waals surface area contributed by atoms with Crippen molar-refractivity contribution in [3.63, 3.8) is 0 Å². The van der Waals surface area contributed by atoms with Crippen molar-refractivity contribution < 1.29 is 31.6 Å². The quantitative estimate of drug-likeness (QED) is 0.556. The molecule has 1 heterocycles. The minimum atomic E-state index is -0.728. The third kappa shape index (κ3) is 6.84. The highest BCUT2D eigenvalue weighted by Gasteiger charge is 2.02. The summed E-state index contributed by atoms with van der Waals surface area (Å²) >= 11 is 0. The number of hydrogen-bond donors (Lipinski definition) is 1. The van der Waals surface area contributed by atoms with Crippen molar-refractivity contribution in [2.75, 3.05) is 7.11 Å². The van der Waals surface area contributed by atoms with Crippen molar-refractivity contribution in [3.8, 4) is 5.75 Å². The van der Waals surface area contributed by atoms with E-state index in [-0.39, 0.29) is 18.8 Å². The van der Waals surface area contributed by atoms with Crippen LogP contribution in [-0.4, -0.2) is 18.2 Å². The number of ether oxygens (including phenoxy) is 1. The van der Waals surface area contributed by atoms with Gasteiger partial charge in [0.2, 0.25) is 0 Å². The largest absolute Gasteiger partial charge is 1.00 e. The molecule has 0 saturated heterocycles. The Morgan fingerprint density at radius 3 is 2.17 bits per heavy atom. The number of benzene rings is 1. The first-order valence-electron chi connectivity index (χ1n) is 7.70. The molecule has 2 aromatic rings. The summed E-state index contributed by atoms with van der Waals surface area (Å²) in [7, 11) is 1.66. The minimum Gasteiger partial charge on any atom is -1.00 e. The maximum Gasteiger partial charge on any atom is 0.303 e. The van der Waals surface area contributed by atoms with Crippen LogP contribution < -0.4 is 21.7 Å². The fourth-order valence-electron chi connectivity index (χ4n) is 2.21. The van der Waals surface area contributed by atoms with Crippen molar-refractivity contribution in [1.29, 1.82) is 0 Å². The summed E-state index contributed by atoms with van der Waals surface area (Å²) in [6, 6.07) is 12.0. The molecular formula is C19H22ClNO3. The van der Waals surface area contributed by atoms with Crippen molar-refractivity contribution in [2.24, 2.45) is 0 Å². The molecule has 24 heavy (non-hydrogen) atoms. The van der Waals surface area contributed by atoms with E-state index in [0.29, 0.717) is 6.42 Å². The van der Waals surface area contributed by atoms with Crippen LogP contribution in [0.5, 0.6) is 5.75 Å². The van der Waals surface area contributed by atoms with Crippen LogP contribution in [-0.2, 0) is 11.3 Å². The second-order valence-electron chi connectivity index (χ2n) is 5.33. The number of carboxylic acid groups (broad SMARTS) is 1. The molecule has 0 atom stereocenters. The van der Waals surface area contributed by atoms with Gasteiger partial charge in [-0.15, -0.1) is 0 Å². The number of methoxy groups -OCH3 is 1. The summed E-state index contributed by atoms with van der Waals surface area (Å²) in [6.45, 7) is 0.843. The first kappa shape index (κ1) is 19.7. The lowest BCUT2D eigenvalue weighted by Gasteiger charge is -1.99. The van der Waals surface area contributed by atoms with Crippen LogP contribution in [0.15, 0.2) is 48.8 Å². The first-order valence-corrected chi connectivity index (χ1v) is 7.70. The summed E-state index contributed by atoms with van der Waals surface area (Å²) in [4.78, 5) is 10.5. The smallest absolute Gasteiger partial charge is 0.303 e. The number of halogens is 1. The molecule has 0 aliphatic heterocycles. The van der Waals surface area contributed by atoms with Gasteiger partial charge in [0.25, 0.3) is 0 Å². The third-order valence-corrected chi connectivity index (χ3v) is 3.56. The van der Waals surface area contributed by atoms with E-state index >= 15 is 0 Å². The van der Waals surface area contributed by atoms with Gasteiger partial charge < -0.3 is 22.3 Å². The van der Waals surface area contributed by atoms with Gasteiger partial charge in [-0.2, -0.15) is 0 Å². The van der Waals surface area contributed by atoms with Gasteiger partial charge in [-0.3, -0.25) is 4.79 Å². The number of unbranched alkanes of at least 4 members (excludes halogenated alkanes) is 1. The van der Waals surface area contributed by atoms with Gasteiger partial charge in [-0.25, -0.2) is 4.57 Å². The molecule has 0 bridgehead atoms. The Morgan fingerprint density at radius 1 is 1.04 bits per heavy atom. The molecule has 0 amide bonds. The zero-order valence-corrected chi connectivity index (χ0v) is 14.4. The standard InChI is InChI=1S/C19H21NO3.ClH/c1-23-18-9-7-16(8-10-18)5-6-17-11-14-20(15-12-17)13-3-2-4-19(21)22;/h5-12,14-15H,2-4,13H2,1H3;1H/b6-5-;. The third-order valence-electron chi connectivity index (χ3n) is 3.56. The number of pyridine rings is 1. The molecule has 0 radical (unpaired) electrons. The van der Waals surface area contributed by atoms with E-state index in [2.05, 4.69) is 28.9 Å². The summed E-state index contributed by atoms with van der Waals surface area (Å²) in [5.74, 6) is 0.125. The fraction of sp³-hybridized carbons (Fsp3) is 0.263. The van der Waals surface area contributed by atoms with E-state index < -0.39 is 5.97 Å². The topological polar surface area (TPSA) is 50.4 Å². The highest BCUT2D eigenvalue weighted by molar-refractivity contribution is 5.69. The molecular weight excluding hydrogens is 326 g/mol. The van der Waals surface area contributed by atoms with Crippen molar-refractivity contribution in [2.45, 2.75) is 25.8 Å². The van der Waals surface area contributed by atoms with Crippen LogP contribution in [0.2, 0.25) is 0 Å². The highest BCUT2D eigenvalue weighted by Crippen LogP contribution is 2.13. The Labute approximate surface area is 148 Å². The number of nitrogens with zero attached hydrogens (tertiary/aromatic N) is 1. The molecule has 1 aromatic heterocycles. The number of rotatable bonds is 8. The van der Waals surface area contributed by atoms with Crippen LogP contribution >= 0.6 is 0 Å². The molecule has 0 fully saturated rings. The predicted octanol–water partition coefficient (Wildman–Crippen LogP) is 0.412. The van der Waals surface area contributed by atoms with E-state index in [1.54, 1.807) is 7.11 Å². The lowest BCUT2D eigenvalue weighted by molar-refractivity contribution is -0.697. The Balaban J connectivity index is 0.00000288. The zero-order chi connectivity index (χ0) is 16.5. The number of carbonyl (C=O) groups is 1. The molecule has 1 aromatic carbocycles. The summed E-state index contributed by atoms with van der Waals surface area (Å²) in [6.07, 6.45) is 9.99. The number of aryl methyl sites for hydroxylation is 1. The molecule has 0 unspecified atom stereocenters. The Kier molecular flexibility index (Phi) is 8.58. The molecule has 2 rings (SSSR count). The molecule has 5 heteroatoms. The fourth-order valence-corrected chi connectivity index (χ4v) is 2.21. The van der Waals surface area contributed by atoms with E-state index in [1.807, 2.05) is 36.7 Å². The number of aromatic nitrogens is 1. The summed E-state index contributed by atoms with van der Waals surface area (Å²) < 4.78 is 7.22. The normalized spacial score (nSPS) is 10.4. The maximum absolute atomic E-state index is 10.5. The van der Waals surface area contributed by atoms with Crippen LogP contribution in [0.4, 0.5) is 0 Å². The molecule has 128 valence electrons. The van der Waals surface area contributed by atoms with E-state index in [4.69, 9.17) is 9.84 Å². The average molecular weight is 348 g/mol. The number of aliphatic carboxylic acids is 1. The molecule has 0 aliphatic rings. The van der Waals surface area contributed by atoms with Crippen LogP contribution in [0.25, 0.3) is 12.2 Å². The Morgan fingerprint density at radius 2 is 1.62 bits per heavy atom. The summed E-state index contributed by atoms with van der Waals surface area (Å²) in [5, 5.41) is 8.61. The Hall–Kier alpha value is -2.33. The van der Waals surface area contributed by atoms with Gasteiger partial charge in [-0.1, -0.05) is 24.3 Å². The highest BCUT2D eigenvalue weighted by atomic mass is 35.5. The van der Waals surface area contributed by atoms with Crippen LogP contribution in [0.3, 0.4) is 0 Å². The van der Waals surface area contributed by atoms with Gasteiger partial charge in [0.1, 0.15) is 12.3 Å². The second-order valence-corrected chi connectivity index (χ2v) is 5.33. The average Bonchev–Trinajstić information content (AvgIpc) is 2.58.